The van der Waals surface area contributed by atoms with Crippen LogP contribution in [0, 0.1) is 5.92 Å². The second kappa shape index (κ2) is 7.66. The van der Waals surface area contributed by atoms with Crippen LogP contribution in [0.3, 0.4) is 0 Å². The number of nitrogens with one attached hydrogen (secondary N) is 2. The Bertz CT molecular complexity index is 749. The first-order valence-corrected chi connectivity index (χ1v) is 9.21. The second-order valence-electron chi connectivity index (χ2n) is 5.66. The highest BCUT2D eigenvalue weighted by atomic mass is 35.5. The van der Waals surface area contributed by atoms with Gasteiger partial charge in [0.25, 0.3) is 0 Å². The van der Waals surface area contributed by atoms with E-state index in [4.69, 9.17) is 23.2 Å². The van der Waals surface area contributed by atoms with Gasteiger partial charge in [0.15, 0.2) is 5.78 Å². The normalized spacial score (nSPS) is 20.1. The van der Waals surface area contributed by atoms with Crippen molar-refractivity contribution in [2.24, 2.45) is 5.92 Å². The van der Waals surface area contributed by atoms with Gasteiger partial charge in [-0.25, -0.2) is 0 Å². The molecule has 2 heterocycles. The molecule has 2 unspecified atom stereocenters. The number of carbonyl (C=O) groups is 2. The molecule has 4 nitrogen and oxygen atoms in total. The minimum Gasteiger partial charge on any atom is -0.350 e. The molecule has 1 saturated heterocycles. The van der Waals surface area contributed by atoms with E-state index in [2.05, 4.69) is 10.6 Å². The van der Waals surface area contributed by atoms with Crippen molar-refractivity contribution in [3.05, 3.63) is 56.2 Å². The molecule has 1 aromatic carbocycles. The summed E-state index contributed by atoms with van der Waals surface area (Å²) in [5.74, 6) is -0.446. The van der Waals surface area contributed by atoms with E-state index in [-0.39, 0.29) is 28.7 Å². The van der Waals surface area contributed by atoms with Gasteiger partial charge in [-0.05, 0) is 30.0 Å². The summed E-state index contributed by atoms with van der Waals surface area (Å²) < 4.78 is 0. The molecule has 7 heteroatoms. The highest BCUT2D eigenvalue weighted by Gasteiger charge is 2.34. The Morgan fingerprint density at radius 1 is 1.25 bits per heavy atom. The van der Waals surface area contributed by atoms with Gasteiger partial charge in [0.1, 0.15) is 0 Å². The van der Waals surface area contributed by atoms with E-state index in [0.717, 1.165) is 4.88 Å². The summed E-state index contributed by atoms with van der Waals surface area (Å²) in [6.07, 6.45) is 0.456. The van der Waals surface area contributed by atoms with Crippen molar-refractivity contribution in [1.82, 2.24) is 10.6 Å². The Balaban J connectivity index is 1.59. The number of amides is 1. The second-order valence-corrected chi connectivity index (χ2v) is 7.47. The molecule has 1 aliphatic rings. The lowest BCUT2D eigenvalue weighted by molar-refractivity contribution is -0.122. The van der Waals surface area contributed by atoms with Gasteiger partial charge in [0.05, 0.1) is 22.6 Å². The van der Waals surface area contributed by atoms with E-state index in [0.29, 0.717) is 30.1 Å². The average molecular weight is 383 g/mol. The van der Waals surface area contributed by atoms with Crippen molar-refractivity contribution in [3.8, 4) is 0 Å². The van der Waals surface area contributed by atoms with Gasteiger partial charge in [0, 0.05) is 22.9 Å². The van der Waals surface area contributed by atoms with Crippen LogP contribution in [0.15, 0.2) is 35.7 Å². The van der Waals surface area contributed by atoms with E-state index in [9.17, 15) is 9.59 Å². The number of ketones is 1. The third-order valence-electron chi connectivity index (χ3n) is 4.05. The third kappa shape index (κ3) is 3.81. The van der Waals surface area contributed by atoms with Crippen molar-refractivity contribution in [2.75, 3.05) is 6.54 Å². The highest BCUT2D eigenvalue weighted by molar-refractivity contribution is 7.09. The predicted molar refractivity (Wildman–Crippen MR) is 96.9 cm³/mol. The first kappa shape index (κ1) is 17.4. The van der Waals surface area contributed by atoms with Crippen molar-refractivity contribution >= 4 is 46.2 Å². The van der Waals surface area contributed by atoms with Gasteiger partial charge in [-0.2, -0.15) is 0 Å². The first-order chi connectivity index (χ1) is 11.6. The standard InChI is InChI=1S/C17H16Cl2N2O2S/c18-13-5-1-4-12(15(13)19)16(22)10-7-14(20-8-10)17(23)21-9-11-3-2-6-24-11/h1-6,10,14,20H,7-9H2,(H,21,23). The van der Waals surface area contributed by atoms with Crippen LogP contribution in [0.5, 0.6) is 0 Å². The number of benzene rings is 1. The van der Waals surface area contributed by atoms with E-state index < -0.39 is 0 Å². The molecule has 1 amide bonds. The number of rotatable bonds is 5. The summed E-state index contributed by atoms with van der Waals surface area (Å²) >= 11 is 13.7. The van der Waals surface area contributed by atoms with Crippen molar-refractivity contribution in [1.29, 1.82) is 0 Å². The summed E-state index contributed by atoms with van der Waals surface area (Å²) in [5.41, 5.74) is 0.413. The molecule has 0 aliphatic carbocycles. The SMILES string of the molecule is O=C(c1cccc(Cl)c1Cl)C1CNC(C(=O)NCc2cccs2)C1. The quantitative estimate of drug-likeness (QED) is 0.777. The summed E-state index contributed by atoms with van der Waals surface area (Å²) in [4.78, 5) is 26.0. The first-order valence-electron chi connectivity index (χ1n) is 7.58. The van der Waals surface area contributed by atoms with Crippen LogP contribution in [0.25, 0.3) is 0 Å². The van der Waals surface area contributed by atoms with Gasteiger partial charge in [-0.15, -0.1) is 11.3 Å². The minimum absolute atomic E-state index is 0.0800. The van der Waals surface area contributed by atoms with E-state index in [1.807, 2.05) is 17.5 Å². The largest absolute Gasteiger partial charge is 0.350 e. The van der Waals surface area contributed by atoms with Crippen LogP contribution in [-0.2, 0) is 11.3 Å². The van der Waals surface area contributed by atoms with E-state index in [1.165, 1.54) is 0 Å². The Morgan fingerprint density at radius 3 is 2.83 bits per heavy atom. The monoisotopic (exact) mass is 382 g/mol. The highest BCUT2D eigenvalue weighted by Crippen LogP contribution is 2.29. The molecule has 2 atom stereocenters. The summed E-state index contributed by atoms with van der Waals surface area (Å²) in [6.45, 7) is 0.964. The molecule has 2 N–H and O–H groups in total. The van der Waals surface area contributed by atoms with Crippen LogP contribution in [0.1, 0.15) is 21.7 Å². The van der Waals surface area contributed by atoms with Crippen LogP contribution in [0.2, 0.25) is 10.0 Å². The zero-order valence-electron chi connectivity index (χ0n) is 12.7. The summed E-state index contributed by atoms with van der Waals surface area (Å²) in [7, 11) is 0. The van der Waals surface area contributed by atoms with Gasteiger partial charge in [-0.1, -0.05) is 35.3 Å². The van der Waals surface area contributed by atoms with E-state index >= 15 is 0 Å². The number of Topliss-reactive ketones (excluding diaryl/α,β-unsaturated/α-hetero) is 1. The Kier molecular flexibility index (Phi) is 5.56. The summed E-state index contributed by atoms with van der Waals surface area (Å²) in [6, 6.07) is 8.57. The number of carbonyl (C=O) groups excluding carboxylic acids is 2. The van der Waals surface area contributed by atoms with E-state index in [1.54, 1.807) is 29.5 Å². The lowest BCUT2D eigenvalue weighted by atomic mass is 9.95. The molecule has 1 aromatic heterocycles. The Hall–Kier alpha value is -1.40. The fourth-order valence-corrected chi connectivity index (χ4v) is 3.80. The van der Waals surface area contributed by atoms with Crippen LogP contribution in [0.4, 0.5) is 0 Å². The molecule has 3 rings (SSSR count). The topological polar surface area (TPSA) is 58.2 Å². The fourth-order valence-electron chi connectivity index (χ4n) is 2.76. The lowest BCUT2D eigenvalue weighted by Crippen LogP contribution is -2.39. The zero-order chi connectivity index (χ0) is 17.1. The zero-order valence-corrected chi connectivity index (χ0v) is 15.0. The number of thiophene rings is 1. The fraction of sp³-hybridized carbons (Fsp3) is 0.294. The van der Waals surface area contributed by atoms with Crippen molar-refractivity contribution in [2.45, 2.75) is 19.0 Å². The molecule has 0 radical (unpaired) electrons. The molecule has 1 fully saturated rings. The van der Waals surface area contributed by atoms with Crippen molar-refractivity contribution < 1.29 is 9.59 Å². The maximum absolute atomic E-state index is 12.6. The summed E-state index contributed by atoms with van der Waals surface area (Å²) in [5, 5.41) is 8.62. The molecule has 0 saturated carbocycles. The molecule has 24 heavy (non-hydrogen) atoms. The smallest absolute Gasteiger partial charge is 0.237 e. The van der Waals surface area contributed by atoms with Crippen LogP contribution < -0.4 is 10.6 Å². The third-order valence-corrected chi connectivity index (χ3v) is 5.75. The van der Waals surface area contributed by atoms with Crippen LogP contribution >= 0.6 is 34.5 Å². The number of halogens is 2. The maximum Gasteiger partial charge on any atom is 0.237 e. The van der Waals surface area contributed by atoms with Gasteiger partial charge in [-0.3, -0.25) is 9.59 Å². The number of hydrogen-bond acceptors (Lipinski definition) is 4. The van der Waals surface area contributed by atoms with Gasteiger partial charge < -0.3 is 10.6 Å². The Labute approximate surface area is 154 Å². The predicted octanol–water partition coefficient (Wildman–Crippen LogP) is 3.53. The van der Waals surface area contributed by atoms with Gasteiger partial charge >= 0.3 is 0 Å². The molecule has 1 aliphatic heterocycles. The minimum atomic E-state index is -0.364. The number of hydrogen-bond donors (Lipinski definition) is 2. The average Bonchev–Trinajstić information content (AvgIpc) is 3.26. The molecular weight excluding hydrogens is 367 g/mol. The van der Waals surface area contributed by atoms with Crippen LogP contribution in [-0.4, -0.2) is 24.3 Å². The maximum atomic E-state index is 12.6. The van der Waals surface area contributed by atoms with Crippen molar-refractivity contribution in [3.63, 3.8) is 0 Å². The molecule has 126 valence electrons. The van der Waals surface area contributed by atoms with Gasteiger partial charge in [0.2, 0.25) is 5.91 Å². The lowest BCUT2D eigenvalue weighted by Gasteiger charge is -2.11. The molecule has 0 spiro atoms. The Morgan fingerprint density at radius 2 is 2.08 bits per heavy atom. The molecule has 2 aromatic rings. The molecular formula is C17H16Cl2N2O2S. The molecule has 0 bridgehead atoms.